The number of aromatic carboxylic acids is 1. The van der Waals surface area contributed by atoms with Crippen molar-refractivity contribution in [2.75, 3.05) is 17.1 Å². The Bertz CT molecular complexity index is 505. The Hall–Kier alpha value is -1.57. The van der Waals surface area contributed by atoms with Crippen LogP contribution in [0.1, 0.15) is 17.3 Å². The van der Waals surface area contributed by atoms with Gasteiger partial charge in [0.1, 0.15) is 5.56 Å². The van der Waals surface area contributed by atoms with E-state index in [0.29, 0.717) is 0 Å². The molecule has 90 valence electrons. The fourth-order valence-electron chi connectivity index (χ4n) is 1.42. The zero-order valence-electron chi connectivity index (χ0n) is 9.21. The Balaban J connectivity index is 3.41. The summed E-state index contributed by atoms with van der Waals surface area (Å²) in [5.74, 6) is -1.14. The third-order valence-electron chi connectivity index (χ3n) is 2.06. The van der Waals surface area contributed by atoms with Gasteiger partial charge >= 0.3 is 5.97 Å². The molecule has 0 bridgehead atoms. The number of hydrogen-bond acceptors (Lipinski definition) is 4. The minimum absolute atomic E-state index is 0.0671. The van der Waals surface area contributed by atoms with Crippen molar-refractivity contribution in [1.82, 2.24) is 9.78 Å². The first-order chi connectivity index (χ1) is 7.29. The quantitative estimate of drug-likeness (QED) is 0.802. The molecule has 0 saturated carbocycles. The van der Waals surface area contributed by atoms with E-state index in [4.69, 9.17) is 5.11 Å². The van der Waals surface area contributed by atoms with Crippen molar-refractivity contribution >= 4 is 21.8 Å². The second-order valence-electron chi connectivity index (χ2n) is 3.24. The molecule has 0 saturated heterocycles. The average Bonchev–Trinajstić information content (AvgIpc) is 2.47. The third-order valence-corrected chi connectivity index (χ3v) is 3.29. The maximum atomic E-state index is 11.5. The first-order valence-corrected chi connectivity index (χ1v) is 6.36. The van der Waals surface area contributed by atoms with Gasteiger partial charge in [0.05, 0.1) is 12.5 Å². The van der Waals surface area contributed by atoms with Crippen molar-refractivity contribution in [1.29, 1.82) is 0 Å². The molecule has 0 unspecified atom stereocenters. The van der Waals surface area contributed by atoms with Crippen LogP contribution in [0.15, 0.2) is 6.20 Å². The zero-order valence-corrected chi connectivity index (χ0v) is 10.0. The number of rotatable bonds is 4. The smallest absolute Gasteiger partial charge is 0.341 e. The molecule has 1 N–H and O–H groups in total. The highest BCUT2D eigenvalue weighted by Crippen LogP contribution is 2.21. The van der Waals surface area contributed by atoms with Crippen LogP contribution in [0, 0.1) is 0 Å². The number of sulfonamides is 1. The van der Waals surface area contributed by atoms with E-state index < -0.39 is 16.0 Å². The number of aryl methyl sites for hydroxylation is 1. The van der Waals surface area contributed by atoms with Crippen molar-refractivity contribution in [2.45, 2.75) is 6.92 Å². The van der Waals surface area contributed by atoms with E-state index in [9.17, 15) is 13.2 Å². The number of carboxylic acid groups (broad SMARTS) is 1. The molecule has 0 aliphatic rings. The van der Waals surface area contributed by atoms with Gasteiger partial charge in [0, 0.05) is 13.6 Å². The molecular weight excluding hydrogens is 234 g/mol. The lowest BCUT2D eigenvalue weighted by atomic mass is 10.3. The van der Waals surface area contributed by atoms with E-state index in [-0.39, 0.29) is 17.9 Å². The van der Waals surface area contributed by atoms with Gasteiger partial charge in [-0.15, -0.1) is 0 Å². The molecule has 1 heterocycles. The van der Waals surface area contributed by atoms with Gasteiger partial charge in [-0.1, -0.05) is 0 Å². The summed E-state index contributed by atoms with van der Waals surface area (Å²) in [5.41, 5.74) is -0.130. The highest BCUT2D eigenvalue weighted by atomic mass is 32.2. The van der Waals surface area contributed by atoms with Gasteiger partial charge in [-0.3, -0.25) is 8.99 Å². The van der Waals surface area contributed by atoms with Crippen molar-refractivity contribution in [3.05, 3.63) is 11.8 Å². The number of aromatic nitrogens is 2. The lowest BCUT2D eigenvalue weighted by molar-refractivity contribution is 0.0697. The van der Waals surface area contributed by atoms with Crippen LogP contribution in [0.25, 0.3) is 0 Å². The lowest BCUT2D eigenvalue weighted by Gasteiger charge is -2.20. The Morgan fingerprint density at radius 2 is 2.19 bits per heavy atom. The van der Waals surface area contributed by atoms with Gasteiger partial charge in [-0.25, -0.2) is 13.2 Å². The summed E-state index contributed by atoms with van der Waals surface area (Å²) in [7, 11) is -2.01. The molecular formula is C8H13N3O4S. The molecule has 0 aliphatic heterocycles. The third kappa shape index (κ3) is 2.16. The van der Waals surface area contributed by atoms with Crippen LogP contribution in [-0.2, 0) is 17.1 Å². The maximum absolute atomic E-state index is 11.5. The molecule has 0 radical (unpaired) electrons. The summed E-state index contributed by atoms with van der Waals surface area (Å²) in [6.07, 6.45) is 2.15. The second kappa shape index (κ2) is 4.12. The molecule has 0 aromatic carbocycles. The van der Waals surface area contributed by atoms with E-state index in [0.717, 1.165) is 16.8 Å². The maximum Gasteiger partial charge on any atom is 0.341 e. The topological polar surface area (TPSA) is 92.5 Å². The van der Waals surface area contributed by atoms with Crippen LogP contribution in [0.4, 0.5) is 5.82 Å². The SMILES string of the molecule is CCN(c1c(C(=O)O)cnn1C)S(C)(=O)=O. The molecule has 0 aliphatic carbocycles. The van der Waals surface area contributed by atoms with Gasteiger partial charge in [0.25, 0.3) is 0 Å². The van der Waals surface area contributed by atoms with Gasteiger partial charge in [0.2, 0.25) is 10.0 Å². The summed E-state index contributed by atoms with van der Waals surface area (Å²) in [6.45, 7) is 1.78. The van der Waals surface area contributed by atoms with Gasteiger partial charge in [-0.05, 0) is 6.92 Å². The van der Waals surface area contributed by atoms with E-state index in [1.807, 2.05) is 0 Å². The number of hydrogen-bond donors (Lipinski definition) is 1. The summed E-state index contributed by atoms with van der Waals surface area (Å²) in [4.78, 5) is 10.9. The van der Waals surface area contributed by atoms with Crippen molar-refractivity contribution < 1.29 is 18.3 Å². The van der Waals surface area contributed by atoms with E-state index >= 15 is 0 Å². The van der Waals surface area contributed by atoms with E-state index in [1.165, 1.54) is 11.7 Å². The summed E-state index contributed by atoms with van der Waals surface area (Å²) < 4.78 is 25.2. The van der Waals surface area contributed by atoms with Crippen LogP contribution < -0.4 is 4.31 Å². The largest absolute Gasteiger partial charge is 0.477 e. The highest BCUT2D eigenvalue weighted by molar-refractivity contribution is 7.92. The number of nitrogens with zero attached hydrogens (tertiary/aromatic N) is 3. The van der Waals surface area contributed by atoms with Crippen molar-refractivity contribution in [3.8, 4) is 0 Å². The van der Waals surface area contributed by atoms with Crippen molar-refractivity contribution in [2.24, 2.45) is 7.05 Å². The monoisotopic (exact) mass is 247 g/mol. The first kappa shape index (κ1) is 12.5. The Labute approximate surface area is 93.3 Å². The second-order valence-corrected chi connectivity index (χ2v) is 5.15. The number of carbonyl (C=O) groups is 1. The molecule has 1 aromatic heterocycles. The Morgan fingerprint density at radius 1 is 1.62 bits per heavy atom. The first-order valence-electron chi connectivity index (χ1n) is 4.52. The predicted octanol–water partition coefficient (Wildman–Crippen LogP) is -0.0958. The Kier molecular flexibility index (Phi) is 3.22. The summed E-state index contributed by atoms with van der Waals surface area (Å²) in [5, 5.41) is 12.7. The number of anilines is 1. The fourth-order valence-corrected chi connectivity index (χ4v) is 2.42. The van der Waals surface area contributed by atoms with Gasteiger partial charge in [0.15, 0.2) is 5.82 Å². The van der Waals surface area contributed by atoms with Gasteiger partial charge in [-0.2, -0.15) is 5.10 Å². The summed E-state index contributed by atoms with van der Waals surface area (Å²) in [6, 6.07) is 0. The highest BCUT2D eigenvalue weighted by Gasteiger charge is 2.25. The molecule has 1 aromatic rings. The number of carboxylic acids is 1. The Morgan fingerprint density at radius 3 is 2.56 bits per heavy atom. The lowest BCUT2D eigenvalue weighted by Crippen LogP contribution is -2.32. The molecule has 0 amide bonds. The molecule has 0 fully saturated rings. The molecule has 16 heavy (non-hydrogen) atoms. The van der Waals surface area contributed by atoms with E-state index in [1.54, 1.807) is 6.92 Å². The van der Waals surface area contributed by atoms with Crippen LogP contribution in [0.2, 0.25) is 0 Å². The molecule has 0 atom stereocenters. The van der Waals surface area contributed by atoms with Crippen molar-refractivity contribution in [3.63, 3.8) is 0 Å². The minimum Gasteiger partial charge on any atom is -0.477 e. The fraction of sp³-hybridized carbons (Fsp3) is 0.500. The van der Waals surface area contributed by atoms with Crippen LogP contribution >= 0.6 is 0 Å². The molecule has 1 rings (SSSR count). The molecule has 7 nitrogen and oxygen atoms in total. The average molecular weight is 247 g/mol. The predicted molar refractivity (Wildman–Crippen MR) is 58.0 cm³/mol. The molecule has 8 heteroatoms. The van der Waals surface area contributed by atoms with Crippen LogP contribution in [0.5, 0.6) is 0 Å². The summed E-state index contributed by atoms with van der Waals surface area (Å²) >= 11 is 0. The van der Waals surface area contributed by atoms with Gasteiger partial charge < -0.3 is 5.11 Å². The molecule has 0 spiro atoms. The van der Waals surface area contributed by atoms with Crippen LogP contribution in [-0.4, -0.2) is 42.1 Å². The zero-order chi connectivity index (χ0) is 12.5. The normalized spacial score (nSPS) is 11.4. The van der Waals surface area contributed by atoms with E-state index in [2.05, 4.69) is 5.10 Å². The standard InChI is InChI=1S/C8H13N3O4S/c1-4-11(16(3,14)15)7-6(8(12)13)5-9-10(7)2/h5H,4H2,1-3H3,(H,12,13). The minimum atomic E-state index is -3.51. The van der Waals surface area contributed by atoms with Crippen LogP contribution in [0.3, 0.4) is 0 Å².